The number of benzene rings is 1. The minimum atomic E-state index is -0.710. The van der Waals surface area contributed by atoms with Crippen molar-refractivity contribution in [1.82, 2.24) is 10.9 Å². The number of nitro groups is 2. The number of non-ortho nitro benzene ring substituents is 2. The van der Waals surface area contributed by atoms with E-state index in [1.54, 1.807) is 6.92 Å². The molecule has 2 atom stereocenters. The highest BCUT2D eigenvalue weighted by atomic mass is 16.6. The number of rotatable bonds is 5. The highest BCUT2D eigenvalue weighted by Crippen LogP contribution is 2.31. The molecule has 2 unspecified atom stereocenters. The summed E-state index contributed by atoms with van der Waals surface area (Å²) in [5.74, 6) is -1.10. The summed E-state index contributed by atoms with van der Waals surface area (Å²) in [4.78, 5) is 32.3. The third kappa shape index (κ3) is 3.18. The molecule has 1 aromatic rings. The van der Waals surface area contributed by atoms with Crippen molar-refractivity contribution in [2.45, 2.75) is 13.0 Å². The van der Waals surface area contributed by atoms with E-state index in [0.717, 1.165) is 6.07 Å². The van der Waals surface area contributed by atoms with E-state index < -0.39 is 39.2 Å². The molecule has 2 N–H and O–H groups in total. The lowest BCUT2D eigenvalue weighted by Gasteiger charge is -2.17. The van der Waals surface area contributed by atoms with Gasteiger partial charge in [-0.25, -0.2) is 5.43 Å². The van der Waals surface area contributed by atoms with Crippen LogP contribution in [0, 0.1) is 26.1 Å². The van der Waals surface area contributed by atoms with Gasteiger partial charge < -0.3 is 4.74 Å². The zero-order valence-corrected chi connectivity index (χ0v) is 11.6. The molecule has 0 spiro atoms. The van der Waals surface area contributed by atoms with Gasteiger partial charge in [0.05, 0.1) is 34.5 Å². The molecule has 1 saturated heterocycles. The first kappa shape index (κ1) is 15.8. The molecule has 22 heavy (non-hydrogen) atoms. The van der Waals surface area contributed by atoms with Gasteiger partial charge in [-0.2, -0.15) is 0 Å². The molecule has 10 nitrogen and oxygen atoms in total. The lowest BCUT2D eigenvalue weighted by molar-refractivity contribution is -0.394. The first-order valence-electron chi connectivity index (χ1n) is 6.52. The normalized spacial score (nSPS) is 20.6. The van der Waals surface area contributed by atoms with Crippen LogP contribution in [-0.4, -0.2) is 29.0 Å². The minimum Gasteiger partial charge on any atom is -0.466 e. The Morgan fingerprint density at radius 3 is 2.36 bits per heavy atom. The Morgan fingerprint density at radius 2 is 1.86 bits per heavy atom. The van der Waals surface area contributed by atoms with Gasteiger partial charge in [0, 0.05) is 18.7 Å². The molecular formula is C12H14N4O6. The number of nitrogens with zero attached hydrogens (tertiary/aromatic N) is 2. The summed E-state index contributed by atoms with van der Waals surface area (Å²) < 4.78 is 4.95. The van der Waals surface area contributed by atoms with Crippen LogP contribution in [-0.2, 0) is 9.53 Å². The third-order valence-electron chi connectivity index (χ3n) is 3.28. The second kappa shape index (κ2) is 6.45. The van der Waals surface area contributed by atoms with Crippen LogP contribution < -0.4 is 10.9 Å². The lowest BCUT2D eigenvalue weighted by Crippen LogP contribution is -2.27. The molecule has 1 heterocycles. The number of esters is 1. The van der Waals surface area contributed by atoms with Crippen LogP contribution in [0.15, 0.2) is 18.2 Å². The van der Waals surface area contributed by atoms with Crippen molar-refractivity contribution in [2.24, 2.45) is 5.92 Å². The van der Waals surface area contributed by atoms with Crippen molar-refractivity contribution in [2.75, 3.05) is 13.2 Å². The Balaban J connectivity index is 2.39. The summed E-state index contributed by atoms with van der Waals surface area (Å²) in [6, 6.07) is 2.66. The summed E-state index contributed by atoms with van der Waals surface area (Å²) in [5, 5.41) is 21.8. The molecule has 10 heteroatoms. The summed E-state index contributed by atoms with van der Waals surface area (Å²) in [5.41, 5.74) is 5.04. The predicted molar refractivity (Wildman–Crippen MR) is 73.8 cm³/mol. The van der Waals surface area contributed by atoms with Crippen LogP contribution in [0.2, 0.25) is 0 Å². The third-order valence-corrected chi connectivity index (χ3v) is 3.28. The van der Waals surface area contributed by atoms with Crippen molar-refractivity contribution in [3.63, 3.8) is 0 Å². The van der Waals surface area contributed by atoms with E-state index in [-0.39, 0.29) is 18.7 Å². The fourth-order valence-electron chi connectivity index (χ4n) is 2.29. The van der Waals surface area contributed by atoms with E-state index in [1.165, 1.54) is 12.1 Å². The van der Waals surface area contributed by atoms with E-state index in [9.17, 15) is 25.0 Å². The number of ether oxygens (including phenoxy) is 1. The van der Waals surface area contributed by atoms with Crippen LogP contribution in [0.5, 0.6) is 0 Å². The standard InChI is InChI=1S/C12H14N4O6/c1-2-22-12(17)10-6-13-14-11(10)7-3-8(15(18)19)5-9(4-7)16(20)21/h3-5,10-11,13-14H,2,6H2,1H3. The first-order valence-corrected chi connectivity index (χ1v) is 6.52. The highest BCUT2D eigenvalue weighted by Gasteiger charge is 2.36. The van der Waals surface area contributed by atoms with Gasteiger partial charge in [-0.3, -0.25) is 30.4 Å². The Labute approximate surface area is 124 Å². The largest absolute Gasteiger partial charge is 0.466 e. The van der Waals surface area contributed by atoms with Crippen molar-refractivity contribution >= 4 is 17.3 Å². The van der Waals surface area contributed by atoms with E-state index in [0.29, 0.717) is 0 Å². The molecule has 118 valence electrons. The van der Waals surface area contributed by atoms with Crippen molar-refractivity contribution in [3.05, 3.63) is 44.0 Å². The van der Waals surface area contributed by atoms with Crippen LogP contribution in [0.3, 0.4) is 0 Å². The van der Waals surface area contributed by atoms with Crippen LogP contribution >= 0.6 is 0 Å². The number of hydrazine groups is 1. The molecule has 0 aromatic heterocycles. The highest BCUT2D eigenvalue weighted by molar-refractivity contribution is 5.74. The molecule has 1 aromatic carbocycles. The van der Waals surface area contributed by atoms with E-state index in [2.05, 4.69) is 10.9 Å². The van der Waals surface area contributed by atoms with Crippen molar-refractivity contribution < 1.29 is 19.4 Å². The summed E-state index contributed by atoms with van der Waals surface area (Å²) >= 11 is 0. The Morgan fingerprint density at radius 1 is 1.27 bits per heavy atom. The van der Waals surface area contributed by atoms with Gasteiger partial charge in [0.1, 0.15) is 0 Å². The van der Waals surface area contributed by atoms with Gasteiger partial charge in [-0.15, -0.1) is 0 Å². The van der Waals surface area contributed by atoms with Crippen molar-refractivity contribution in [3.8, 4) is 0 Å². The molecule has 2 rings (SSSR count). The second-order valence-corrected chi connectivity index (χ2v) is 4.66. The molecular weight excluding hydrogens is 296 g/mol. The number of hydrogen-bond donors (Lipinski definition) is 2. The van der Waals surface area contributed by atoms with Gasteiger partial charge in [-0.05, 0) is 12.5 Å². The van der Waals surface area contributed by atoms with Crippen LogP contribution in [0.1, 0.15) is 18.5 Å². The maximum Gasteiger partial charge on any atom is 0.312 e. The monoisotopic (exact) mass is 310 g/mol. The Kier molecular flexibility index (Phi) is 4.63. The van der Waals surface area contributed by atoms with Gasteiger partial charge in [0.25, 0.3) is 11.4 Å². The molecule has 0 amide bonds. The zero-order chi connectivity index (χ0) is 16.3. The fraction of sp³-hybridized carbons (Fsp3) is 0.417. The van der Waals surface area contributed by atoms with E-state index in [4.69, 9.17) is 4.74 Å². The van der Waals surface area contributed by atoms with E-state index >= 15 is 0 Å². The van der Waals surface area contributed by atoms with E-state index in [1.807, 2.05) is 0 Å². The smallest absolute Gasteiger partial charge is 0.312 e. The maximum atomic E-state index is 11.9. The van der Waals surface area contributed by atoms with Gasteiger partial charge in [0.2, 0.25) is 0 Å². The average molecular weight is 310 g/mol. The average Bonchev–Trinajstić information content (AvgIpc) is 2.96. The minimum absolute atomic E-state index is 0.205. The topological polar surface area (TPSA) is 137 Å². The summed E-state index contributed by atoms with van der Waals surface area (Å²) in [7, 11) is 0. The lowest BCUT2D eigenvalue weighted by atomic mass is 9.94. The quantitative estimate of drug-likeness (QED) is 0.463. The van der Waals surface area contributed by atoms with Gasteiger partial charge in [-0.1, -0.05) is 0 Å². The number of nitro benzene ring substituents is 2. The molecule has 0 radical (unpaired) electrons. The molecule has 1 aliphatic rings. The summed E-state index contributed by atoms with van der Waals surface area (Å²) in [6.45, 7) is 2.14. The van der Waals surface area contributed by atoms with Gasteiger partial charge in [0.15, 0.2) is 0 Å². The zero-order valence-electron chi connectivity index (χ0n) is 11.6. The molecule has 0 aliphatic carbocycles. The fourth-order valence-corrected chi connectivity index (χ4v) is 2.29. The van der Waals surface area contributed by atoms with Crippen LogP contribution in [0.4, 0.5) is 11.4 Å². The SMILES string of the molecule is CCOC(=O)C1CNNC1c1cc([N+](=O)[O-])cc([N+](=O)[O-])c1. The number of hydrogen-bond acceptors (Lipinski definition) is 8. The second-order valence-electron chi connectivity index (χ2n) is 4.66. The summed E-state index contributed by atoms with van der Waals surface area (Å²) in [6.07, 6.45) is 0. The molecule has 0 bridgehead atoms. The Hall–Kier alpha value is -2.59. The van der Waals surface area contributed by atoms with Gasteiger partial charge >= 0.3 is 5.97 Å². The molecule has 0 saturated carbocycles. The molecule has 1 aliphatic heterocycles. The van der Waals surface area contributed by atoms with Crippen molar-refractivity contribution in [1.29, 1.82) is 0 Å². The number of carbonyl (C=O) groups is 1. The number of nitrogens with one attached hydrogen (secondary N) is 2. The predicted octanol–water partition coefficient (Wildman–Crippen LogP) is 0.831. The Bertz CT molecular complexity index is 587. The molecule has 1 fully saturated rings. The number of carbonyl (C=O) groups excluding carboxylic acids is 1. The maximum absolute atomic E-state index is 11.9. The first-order chi connectivity index (χ1) is 10.4. The van der Waals surface area contributed by atoms with Crippen LogP contribution in [0.25, 0.3) is 0 Å².